The topological polar surface area (TPSA) is 64.3 Å². The molecule has 0 bridgehead atoms. The number of anilines is 2. The first-order valence-electron chi connectivity index (χ1n) is 6.93. The molecule has 3 N–H and O–H groups in total. The van der Waals surface area contributed by atoms with Crippen LogP contribution in [0.1, 0.15) is 25.3 Å². The van der Waals surface area contributed by atoms with E-state index in [1.54, 1.807) is 24.3 Å². The first-order valence-corrected chi connectivity index (χ1v) is 6.93. The Hall–Kier alpha value is -2.49. The van der Waals surface area contributed by atoms with Gasteiger partial charge in [0.15, 0.2) is 6.61 Å². The van der Waals surface area contributed by atoms with Gasteiger partial charge in [0.25, 0.3) is 5.91 Å². The predicted octanol–water partition coefficient (Wildman–Crippen LogP) is 3.41. The van der Waals surface area contributed by atoms with Crippen LogP contribution in [0.2, 0.25) is 0 Å². The van der Waals surface area contributed by atoms with Crippen LogP contribution in [-0.4, -0.2) is 12.5 Å². The number of hydrogen-bond donors (Lipinski definition) is 2. The molecule has 110 valence electrons. The molecular weight excluding hydrogens is 264 g/mol. The molecule has 2 rings (SSSR count). The Morgan fingerprint density at radius 1 is 1.19 bits per heavy atom. The van der Waals surface area contributed by atoms with Gasteiger partial charge in [-0.05, 0) is 47.9 Å². The molecule has 21 heavy (non-hydrogen) atoms. The molecule has 0 fully saturated rings. The maximum absolute atomic E-state index is 11.8. The van der Waals surface area contributed by atoms with Crippen LogP contribution in [0.3, 0.4) is 0 Å². The van der Waals surface area contributed by atoms with Crippen LogP contribution >= 0.6 is 0 Å². The second-order valence-corrected chi connectivity index (χ2v) is 5.19. The fraction of sp³-hybridized carbons (Fsp3) is 0.235. The highest BCUT2D eigenvalue weighted by Crippen LogP contribution is 2.20. The maximum atomic E-state index is 11.8. The fourth-order valence-electron chi connectivity index (χ4n) is 1.88. The highest BCUT2D eigenvalue weighted by molar-refractivity contribution is 5.92. The Bertz CT molecular complexity index is 606. The highest BCUT2D eigenvalue weighted by Gasteiger charge is 2.05. The van der Waals surface area contributed by atoms with Crippen molar-refractivity contribution in [3.05, 3.63) is 54.1 Å². The van der Waals surface area contributed by atoms with Crippen molar-refractivity contribution in [1.82, 2.24) is 0 Å². The molecule has 0 heterocycles. The van der Waals surface area contributed by atoms with Crippen LogP contribution in [-0.2, 0) is 4.79 Å². The summed E-state index contributed by atoms with van der Waals surface area (Å²) < 4.78 is 5.52. The number of nitrogen functional groups attached to an aromatic ring is 1. The summed E-state index contributed by atoms with van der Waals surface area (Å²) in [6.07, 6.45) is 0. The van der Waals surface area contributed by atoms with E-state index in [1.807, 2.05) is 24.3 Å². The van der Waals surface area contributed by atoms with Gasteiger partial charge in [0.05, 0.1) is 0 Å². The minimum atomic E-state index is -0.199. The van der Waals surface area contributed by atoms with Crippen molar-refractivity contribution in [3.63, 3.8) is 0 Å². The van der Waals surface area contributed by atoms with Crippen molar-refractivity contribution in [3.8, 4) is 5.75 Å². The van der Waals surface area contributed by atoms with E-state index in [2.05, 4.69) is 19.2 Å². The number of amides is 1. The van der Waals surface area contributed by atoms with Gasteiger partial charge in [0.2, 0.25) is 0 Å². The number of carbonyl (C=O) groups excluding carboxylic acids is 1. The fourth-order valence-corrected chi connectivity index (χ4v) is 1.88. The number of hydrogen-bond acceptors (Lipinski definition) is 3. The molecule has 0 aliphatic rings. The van der Waals surface area contributed by atoms with Gasteiger partial charge in [-0.15, -0.1) is 0 Å². The molecular formula is C17H20N2O2. The van der Waals surface area contributed by atoms with Crippen LogP contribution < -0.4 is 15.8 Å². The molecule has 0 aliphatic carbocycles. The van der Waals surface area contributed by atoms with Crippen LogP contribution in [0.4, 0.5) is 11.4 Å². The summed E-state index contributed by atoms with van der Waals surface area (Å²) in [5, 5.41) is 2.76. The summed E-state index contributed by atoms with van der Waals surface area (Å²) in [7, 11) is 0. The lowest BCUT2D eigenvalue weighted by Crippen LogP contribution is -2.20. The summed E-state index contributed by atoms with van der Waals surface area (Å²) >= 11 is 0. The molecule has 0 aliphatic heterocycles. The van der Waals surface area contributed by atoms with E-state index in [9.17, 15) is 4.79 Å². The molecule has 0 unspecified atom stereocenters. The summed E-state index contributed by atoms with van der Waals surface area (Å²) in [6, 6.07) is 14.8. The molecule has 2 aromatic carbocycles. The number of nitrogens with two attached hydrogens (primary N) is 1. The van der Waals surface area contributed by atoms with Crippen molar-refractivity contribution in [2.45, 2.75) is 19.8 Å². The zero-order valence-electron chi connectivity index (χ0n) is 12.3. The monoisotopic (exact) mass is 284 g/mol. The molecule has 0 saturated carbocycles. The van der Waals surface area contributed by atoms with Crippen molar-refractivity contribution in [2.24, 2.45) is 0 Å². The summed E-state index contributed by atoms with van der Waals surface area (Å²) in [4.78, 5) is 11.8. The molecule has 2 aromatic rings. The minimum absolute atomic E-state index is 0.0219. The summed E-state index contributed by atoms with van der Waals surface area (Å²) in [6.45, 7) is 4.21. The van der Waals surface area contributed by atoms with E-state index in [0.29, 0.717) is 23.0 Å². The molecule has 0 atom stereocenters. The smallest absolute Gasteiger partial charge is 0.262 e. The Balaban J connectivity index is 1.89. The molecule has 0 spiro atoms. The van der Waals surface area contributed by atoms with Gasteiger partial charge in [0.1, 0.15) is 5.75 Å². The van der Waals surface area contributed by atoms with E-state index < -0.39 is 0 Å². The third-order valence-corrected chi connectivity index (χ3v) is 3.09. The third-order valence-electron chi connectivity index (χ3n) is 3.09. The Labute approximate surface area is 124 Å². The van der Waals surface area contributed by atoms with E-state index in [-0.39, 0.29) is 12.5 Å². The normalized spacial score (nSPS) is 10.4. The lowest BCUT2D eigenvalue weighted by Gasteiger charge is -2.10. The molecule has 1 amide bonds. The van der Waals surface area contributed by atoms with Gasteiger partial charge in [-0.2, -0.15) is 0 Å². The molecule has 0 radical (unpaired) electrons. The van der Waals surface area contributed by atoms with E-state index >= 15 is 0 Å². The largest absolute Gasteiger partial charge is 0.484 e. The number of benzene rings is 2. The lowest BCUT2D eigenvalue weighted by atomic mass is 10.0. The Kier molecular flexibility index (Phi) is 4.82. The second kappa shape index (κ2) is 6.79. The number of carbonyl (C=O) groups is 1. The van der Waals surface area contributed by atoms with Crippen molar-refractivity contribution in [2.75, 3.05) is 17.7 Å². The quantitative estimate of drug-likeness (QED) is 0.827. The van der Waals surface area contributed by atoms with Gasteiger partial charge in [-0.25, -0.2) is 0 Å². The second-order valence-electron chi connectivity index (χ2n) is 5.19. The first-order chi connectivity index (χ1) is 10.0. The number of ether oxygens (including phenoxy) is 1. The molecule has 4 heteroatoms. The SMILES string of the molecule is CC(C)c1cccc(OCC(=O)Nc2ccc(N)cc2)c1. The Morgan fingerprint density at radius 2 is 1.90 bits per heavy atom. The van der Waals surface area contributed by atoms with Gasteiger partial charge in [-0.3, -0.25) is 4.79 Å². The minimum Gasteiger partial charge on any atom is -0.484 e. The van der Waals surface area contributed by atoms with Gasteiger partial charge >= 0.3 is 0 Å². The van der Waals surface area contributed by atoms with Crippen LogP contribution in [0.25, 0.3) is 0 Å². The number of nitrogens with one attached hydrogen (secondary N) is 1. The predicted molar refractivity (Wildman–Crippen MR) is 85.5 cm³/mol. The summed E-state index contributed by atoms with van der Waals surface area (Å²) in [5.74, 6) is 0.931. The highest BCUT2D eigenvalue weighted by atomic mass is 16.5. The lowest BCUT2D eigenvalue weighted by molar-refractivity contribution is -0.118. The summed E-state index contributed by atoms with van der Waals surface area (Å²) in [5.41, 5.74) is 8.14. The maximum Gasteiger partial charge on any atom is 0.262 e. The molecule has 0 aromatic heterocycles. The zero-order chi connectivity index (χ0) is 15.2. The van der Waals surface area contributed by atoms with E-state index in [0.717, 1.165) is 0 Å². The van der Waals surface area contributed by atoms with Gasteiger partial charge in [0, 0.05) is 11.4 Å². The number of rotatable bonds is 5. The first kappa shape index (κ1) is 14.9. The van der Waals surface area contributed by atoms with Crippen LogP contribution in [0.5, 0.6) is 5.75 Å². The zero-order valence-corrected chi connectivity index (χ0v) is 12.3. The standard InChI is InChI=1S/C17H20N2O2/c1-12(2)13-4-3-5-16(10-13)21-11-17(20)19-15-8-6-14(18)7-9-15/h3-10,12H,11,18H2,1-2H3,(H,19,20). The molecule has 4 nitrogen and oxygen atoms in total. The molecule has 0 saturated heterocycles. The van der Waals surface area contributed by atoms with Gasteiger partial charge < -0.3 is 15.8 Å². The van der Waals surface area contributed by atoms with Crippen molar-refractivity contribution < 1.29 is 9.53 Å². The van der Waals surface area contributed by atoms with Crippen LogP contribution in [0.15, 0.2) is 48.5 Å². The third kappa shape index (κ3) is 4.53. The van der Waals surface area contributed by atoms with Crippen molar-refractivity contribution >= 4 is 17.3 Å². The average molecular weight is 284 g/mol. The van der Waals surface area contributed by atoms with Crippen molar-refractivity contribution in [1.29, 1.82) is 0 Å². The van der Waals surface area contributed by atoms with Gasteiger partial charge in [-0.1, -0.05) is 26.0 Å². The average Bonchev–Trinajstić information content (AvgIpc) is 2.48. The van der Waals surface area contributed by atoms with E-state index in [1.165, 1.54) is 5.56 Å². The van der Waals surface area contributed by atoms with Crippen LogP contribution in [0, 0.1) is 0 Å². The van der Waals surface area contributed by atoms with E-state index in [4.69, 9.17) is 10.5 Å². The Morgan fingerprint density at radius 3 is 2.57 bits per heavy atom.